The van der Waals surface area contributed by atoms with Crippen LogP contribution in [0.4, 0.5) is 0 Å². The van der Waals surface area contributed by atoms with Crippen LogP contribution in [0.25, 0.3) is 34.4 Å². The topological polar surface area (TPSA) is 77.8 Å². The molecule has 0 saturated heterocycles. The Balaban J connectivity index is 1.59. The molecule has 0 N–H and O–H groups in total. The van der Waals surface area contributed by atoms with E-state index in [-0.39, 0.29) is 10.8 Å². The maximum atomic E-state index is 5.99. The van der Waals surface area contributed by atoms with Gasteiger partial charge in [0.05, 0.1) is 0 Å². The molecule has 4 rings (SSSR count). The summed E-state index contributed by atoms with van der Waals surface area (Å²) < 4.78 is 11.9. The van der Waals surface area contributed by atoms with E-state index in [2.05, 4.69) is 74.1 Å². The van der Waals surface area contributed by atoms with Crippen molar-refractivity contribution in [1.82, 2.24) is 20.4 Å². The summed E-state index contributed by atoms with van der Waals surface area (Å²) in [5, 5.41) is 17.0. The highest BCUT2D eigenvalue weighted by molar-refractivity contribution is 5.65. The first-order chi connectivity index (χ1) is 15.2. The van der Waals surface area contributed by atoms with Gasteiger partial charge in [-0.3, -0.25) is 0 Å². The van der Waals surface area contributed by atoms with Crippen LogP contribution in [0.2, 0.25) is 0 Å². The fourth-order valence-electron chi connectivity index (χ4n) is 3.27. The van der Waals surface area contributed by atoms with Crippen LogP contribution in [0, 0.1) is 0 Å². The summed E-state index contributed by atoms with van der Waals surface area (Å²) in [5.74, 6) is 2.07. The fourth-order valence-corrected chi connectivity index (χ4v) is 3.27. The van der Waals surface area contributed by atoms with E-state index in [0.29, 0.717) is 23.6 Å². The Labute approximate surface area is 189 Å². The van der Waals surface area contributed by atoms with Crippen LogP contribution in [0.5, 0.6) is 0 Å². The third-order valence-corrected chi connectivity index (χ3v) is 6.47. The first-order valence-corrected chi connectivity index (χ1v) is 11.1. The third-order valence-electron chi connectivity index (χ3n) is 6.47. The molecule has 0 radical (unpaired) electrons. The average Bonchev–Trinajstić information content (AvgIpc) is 3.50. The largest absolute Gasteiger partial charge is 0.420 e. The molecule has 0 amide bonds. The van der Waals surface area contributed by atoms with Crippen LogP contribution >= 0.6 is 0 Å². The number of aromatic nitrogens is 4. The molecular weight excluding hydrogens is 400 g/mol. The van der Waals surface area contributed by atoms with E-state index in [1.165, 1.54) is 5.56 Å². The second-order valence-electron chi connectivity index (χ2n) is 9.46. The number of hydrogen-bond acceptors (Lipinski definition) is 6. The molecular formula is C26H30N4O2. The Morgan fingerprint density at radius 2 is 1.16 bits per heavy atom. The molecule has 4 aromatic rings. The number of benzene rings is 2. The van der Waals surface area contributed by atoms with Crippen LogP contribution in [-0.2, 0) is 10.8 Å². The number of hydrogen-bond donors (Lipinski definition) is 0. The minimum absolute atomic E-state index is 0.139. The monoisotopic (exact) mass is 430 g/mol. The SMILES string of the molecule is CCC(C)(C)c1ccc(-c2nnc(-c3cccc(-c4nnc(C(C)(C)CC)o4)c3)o2)cc1. The predicted octanol–water partition coefficient (Wildman–Crippen LogP) is 6.83. The fraction of sp³-hybridized carbons (Fsp3) is 0.385. The standard InChI is InChI=1S/C26H30N4O2/c1-7-25(3,4)20-14-12-17(13-15-20)21-27-28-22(31-21)18-10-9-11-19(16-18)23-29-30-24(32-23)26(5,6)8-2/h9-16H,7-8H2,1-6H3. The Morgan fingerprint density at radius 3 is 1.75 bits per heavy atom. The van der Waals surface area contributed by atoms with Crippen molar-refractivity contribution in [3.05, 3.63) is 60.0 Å². The van der Waals surface area contributed by atoms with Gasteiger partial charge in [0, 0.05) is 22.1 Å². The minimum atomic E-state index is -0.161. The molecule has 6 heteroatoms. The molecule has 0 unspecified atom stereocenters. The van der Waals surface area contributed by atoms with Gasteiger partial charge < -0.3 is 8.83 Å². The van der Waals surface area contributed by atoms with Crippen LogP contribution in [-0.4, -0.2) is 20.4 Å². The van der Waals surface area contributed by atoms with E-state index < -0.39 is 0 Å². The summed E-state index contributed by atoms with van der Waals surface area (Å²) in [6.07, 6.45) is 1.99. The van der Waals surface area contributed by atoms with Crippen molar-refractivity contribution >= 4 is 0 Å². The molecule has 0 aliphatic heterocycles. The van der Waals surface area contributed by atoms with Crippen LogP contribution in [0.15, 0.2) is 57.4 Å². The van der Waals surface area contributed by atoms with Crippen LogP contribution in [0.1, 0.15) is 65.8 Å². The average molecular weight is 431 g/mol. The molecule has 0 atom stereocenters. The third kappa shape index (κ3) is 4.22. The van der Waals surface area contributed by atoms with Crippen molar-refractivity contribution < 1.29 is 8.83 Å². The molecule has 0 spiro atoms. The lowest BCUT2D eigenvalue weighted by Crippen LogP contribution is -2.15. The Morgan fingerprint density at radius 1 is 0.625 bits per heavy atom. The van der Waals surface area contributed by atoms with Crippen molar-refractivity contribution in [2.45, 2.75) is 65.2 Å². The Hall–Kier alpha value is -3.28. The highest BCUT2D eigenvalue weighted by Crippen LogP contribution is 2.32. The summed E-state index contributed by atoms with van der Waals surface area (Å²) in [6.45, 7) is 13.0. The summed E-state index contributed by atoms with van der Waals surface area (Å²) in [6, 6.07) is 16.1. The van der Waals surface area contributed by atoms with Crippen molar-refractivity contribution in [3.63, 3.8) is 0 Å². The Kier molecular flexibility index (Phi) is 5.71. The van der Waals surface area contributed by atoms with Gasteiger partial charge in [-0.05, 0) is 54.2 Å². The summed E-state index contributed by atoms with van der Waals surface area (Å²) in [5.41, 5.74) is 3.80. The maximum Gasteiger partial charge on any atom is 0.248 e. The van der Waals surface area contributed by atoms with E-state index in [4.69, 9.17) is 8.83 Å². The Bertz CT molecular complexity index is 1200. The molecule has 0 saturated carbocycles. The number of nitrogens with zero attached hydrogens (tertiary/aromatic N) is 4. The van der Waals surface area contributed by atoms with Crippen molar-refractivity contribution in [2.75, 3.05) is 0 Å². The first-order valence-electron chi connectivity index (χ1n) is 11.1. The lowest BCUT2D eigenvalue weighted by atomic mass is 9.82. The second kappa shape index (κ2) is 8.34. The minimum Gasteiger partial charge on any atom is -0.420 e. The zero-order valence-corrected chi connectivity index (χ0v) is 19.6. The van der Waals surface area contributed by atoms with Gasteiger partial charge in [0.25, 0.3) is 0 Å². The zero-order chi connectivity index (χ0) is 22.9. The molecule has 0 aliphatic rings. The molecule has 0 aliphatic carbocycles. The van der Waals surface area contributed by atoms with Gasteiger partial charge >= 0.3 is 0 Å². The van der Waals surface area contributed by atoms with E-state index in [0.717, 1.165) is 29.5 Å². The van der Waals surface area contributed by atoms with Crippen LogP contribution in [0.3, 0.4) is 0 Å². The molecule has 166 valence electrons. The van der Waals surface area contributed by atoms with Gasteiger partial charge in [-0.2, -0.15) is 0 Å². The number of rotatable bonds is 7. The summed E-state index contributed by atoms with van der Waals surface area (Å²) in [4.78, 5) is 0. The van der Waals surface area contributed by atoms with Crippen molar-refractivity contribution in [3.8, 4) is 34.4 Å². The smallest absolute Gasteiger partial charge is 0.248 e. The van der Waals surface area contributed by atoms with Crippen molar-refractivity contribution in [1.29, 1.82) is 0 Å². The van der Waals surface area contributed by atoms with Gasteiger partial charge in [0.1, 0.15) is 0 Å². The molecule has 0 fully saturated rings. The predicted molar refractivity (Wildman–Crippen MR) is 125 cm³/mol. The lowest BCUT2D eigenvalue weighted by molar-refractivity contribution is 0.365. The van der Waals surface area contributed by atoms with Gasteiger partial charge in [-0.1, -0.05) is 59.7 Å². The highest BCUT2D eigenvalue weighted by atomic mass is 16.4. The van der Waals surface area contributed by atoms with E-state index in [1.807, 2.05) is 36.4 Å². The molecule has 2 aromatic heterocycles. The zero-order valence-electron chi connectivity index (χ0n) is 19.6. The van der Waals surface area contributed by atoms with Crippen molar-refractivity contribution in [2.24, 2.45) is 0 Å². The molecule has 0 bridgehead atoms. The molecule has 2 aromatic carbocycles. The van der Waals surface area contributed by atoms with Crippen LogP contribution < -0.4 is 0 Å². The van der Waals surface area contributed by atoms with E-state index in [1.54, 1.807) is 0 Å². The van der Waals surface area contributed by atoms with Gasteiger partial charge in [0.15, 0.2) is 0 Å². The molecule has 6 nitrogen and oxygen atoms in total. The normalized spacial score (nSPS) is 12.3. The molecule has 32 heavy (non-hydrogen) atoms. The quantitative estimate of drug-likeness (QED) is 0.320. The van der Waals surface area contributed by atoms with Gasteiger partial charge in [0.2, 0.25) is 23.6 Å². The highest BCUT2D eigenvalue weighted by Gasteiger charge is 2.25. The maximum absolute atomic E-state index is 5.99. The summed E-state index contributed by atoms with van der Waals surface area (Å²) >= 11 is 0. The second-order valence-corrected chi connectivity index (χ2v) is 9.46. The van der Waals surface area contributed by atoms with Gasteiger partial charge in [-0.25, -0.2) is 0 Å². The first kappa shape index (κ1) is 21.9. The lowest BCUT2D eigenvalue weighted by Gasteiger charge is -2.23. The van der Waals surface area contributed by atoms with E-state index in [9.17, 15) is 0 Å². The van der Waals surface area contributed by atoms with E-state index >= 15 is 0 Å². The summed E-state index contributed by atoms with van der Waals surface area (Å²) in [7, 11) is 0. The molecule has 2 heterocycles. The van der Waals surface area contributed by atoms with Gasteiger partial charge in [-0.15, -0.1) is 20.4 Å².